The molecule has 4 aromatic rings. The molecule has 2 aromatic carbocycles. The fourth-order valence-corrected chi connectivity index (χ4v) is 3.92. The number of para-hydroxylation sites is 1. The number of anilines is 1. The molecule has 0 N–H and O–H groups in total. The number of nitrogens with zero attached hydrogens (tertiary/aromatic N) is 4. The van der Waals surface area contributed by atoms with Gasteiger partial charge in [0.15, 0.2) is 0 Å². The molecular formula is C23H20N4O2. The van der Waals surface area contributed by atoms with Gasteiger partial charge in [-0.3, -0.25) is 9.59 Å². The van der Waals surface area contributed by atoms with E-state index in [1.165, 1.54) is 10.1 Å². The predicted octanol–water partition coefficient (Wildman–Crippen LogP) is 3.14. The SMILES string of the molecule is O=C(Cn1ccn2nc(-c3ccccc3)cc2c1=O)N1CCCc2ccccc21. The second-order valence-corrected chi connectivity index (χ2v) is 7.23. The van der Waals surface area contributed by atoms with E-state index >= 15 is 0 Å². The molecule has 1 aliphatic heterocycles. The Morgan fingerprint density at radius 1 is 1.00 bits per heavy atom. The van der Waals surface area contributed by atoms with Gasteiger partial charge in [-0.2, -0.15) is 5.10 Å². The highest BCUT2D eigenvalue weighted by Crippen LogP contribution is 2.26. The van der Waals surface area contributed by atoms with Crippen LogP contribution in [-0.2, 0) is 17.8 Å². The van der Waals surface area contributed by atoms with Crippen LogP contribution in [0, 0.1) is 0 Å². The van der Waals surface area contributed by atoms with Crippen LogP contribution < -0.4 is 10.5 Å². The number of carbonyl (C=O) groups excluding carboxylic acids is 1. The summed E-state index contributed by atoms with van der Waals surface area (Å²) in [5, 5.41) is 4.49. The minimum absolute atomic E-state index is 0.00944. The lowest BCUT2D eigenvalue weighted by molar-refractivity contribution is -0.119. The number of rotatable bonds is 3. The van der Waals surface area contributed by atoms with Gasteiger partial charge in [-0.1, -0.05) is 48.5 Å². The van der Waals surface area contributed by atoms with Gasteiger partial charge in [-0.15, -0.1) is 0 Å². The van der Waals surface area contributed by atoms with E-state index in [0.717, 1.165) is 29.8 Å². The van der Waals surface area contributed by atoms with Crippen LogP contribution in [0.1, 0.15) is 12.0 Å². The second-order valence-electron chi connectivity index (χ2n) is 7.23. The number of amides is 1. The summed E-state index contributed by atoms with van der Waals surface area (Å²) in [7, 11) is 0. The lowest BCUT2D eigenvalue weighted by Crippen LogP contribution is -2.39. The van der Waals surface area contributed by atoms with Crippen LogP contribution in [0.5, 0.6) is 0 Å². The van der Waals surface area contributed by atoms with Crippen molar-refractivity contribution in [3.8, 4) is 11.3 Å². The number of aromatic nitrogens is 3. The standard InChI is InChI=1S/C23H20N4O2/c28-22(26-12-6-10-18-9-4-5-11-20(18)26)16-25-13-14-27-21(23(25)29)15-19(24-27)17-7-2-1-3-8-17/h1-5,7-9,11,13-15H,6,10,12,16H2. The molecule has 29 heavy (non-hydrogen) atoms. The number of aryl methyl sites for hydroxylation is 1. The quantitative estimate of drug-likeness (QED) is 0.545. The Balaban J connectivity index is 1.46. The highest BCUT2D eigenvalue weighted by molar-refractivity contribution is 5.94. The van der Waals surface area contributed by atoms with E-state index in [1.54, 1.807) is 27.9 Å². The highest BCUT2D eigenvalue weighted by atomic mass is 16.2. The first-order valence-corrected chi connectivity index (χ1v) is 9.73. The summed E-state index contributed by atoms with van der Waals surface area (Å²) >= 11 is 0. The third kappa shape index (κ3) is 3.12. The molecule has 1 amide bonds. The van der Waals surface area contributed by atoms with Crippen LogP contribution in [0.15, 0.2) is 77.9 Å². The molecule has 6 heteroatoms. The monoisotopic (exact) mass is 384 g/mol. The van der Waals surface area contributed by atoms with Gasteiger partial charge in [-0.25, -0.2) is 4.52 Å². The maximum atomic E-state index is 13.0. The van der Waals surface area contributed by atoms with Crippen LogP contribution >= 0.6 is 0 Å². The number of benzene rings is 2. The summed E-state index contributed by atoms with van der Waals surface area (Å²) in [5.74, 6) is -0.0774. The van der Waals surface area contributed by atoms with E-state index < -0.39 is 0 Å². The first kappa shape index (κ1) is 17.4. The Morgan fingerprint density at radius 3 is 2.66 bits per heavy atom. The average Bonchev–Trinajstić information content (AvgIpc) is 3.21. The summed E-state index contributed by atoms with van der Waals surface area (Å²) in [6.45, 7) is 0.688. The molecular weight excluding hydrogens is 364 g/mol. The average molecular weight is 384 g/mol. The van der Waals surface area contributed by atoms with Gasteiger partial charge < -0.3 is 9.47 Å². The minimum atomic E-state index is -0.221. The minimum Gasteiger partial charge on any atom is -0.311 e. The lowest BCUT2D eigenvalue weighted by Gasteiger charge is -2.29. The van der Waals surface area contributed by atoms with Crippen LogP contribution in [0.4, 0.5) is 5.69 Å². The van der Waals surface area contributed by atoms with Gasteiger partial charge in [0.1, 0.15) is 12.1 Å². The van der Waals surface area contributed by atoms with Crippen molar-refractivity contribution >= 4 is 17.1 Å². The summed E-state index contributed by atoms with van der Waals surface area (Å²) < 4.78 is 3.03. The molecule has 5 rings (SSSR count). The molecule has 0 bridgehead atoms. The van der Waals surface area contributed by atoms with Crippen molar-refractivity contribution < 1.29 is 4.79 Å². The zero-order chi connectivity index (χ0) is 19.8. The van der Waals surface area contributed by atoms with Crippen molar-refractivity contribution in [1.82, 2.24) is 14.2 Å². The molecule has 2 aromatic heterocycles. The fourth-order valence-electron chi connectivity index (χ4n) is 3.92. The zero-order valence-electron chi connectivity index (χ0n) is 15.9. The molecule has 144 valence electrons. The van der Waals surface area contributed by atoms with Gasteiger partial charge in [0.25, 0.3) is 5.56 Å². The third-order valence-electron chi connectivity index (χ3n) is 5.39. The van der Waals surface area contributed by atoms with E-state index in [4.69, 9.17) is 0 Å². The molecule has 6 nitrogen and oxygen atoms in total. The van der Waals surface area contributed by atoms with Crippen molar-refractivity contribution in [3.63, 3.8) is 0 Å². The predicted molar refractivity (Wildman–Crippen MR) is 112 cm³/mol. The Labute approximate surface area is 167 Å². The number of hydrogen-bond acceptors (Lipinski definition) is 3. The number of fused-ring (bicyclic) bond motifs is 2. The van der Waals surface area contributed by atoms with Crippen molar-refractivity contribution in [1.29, 1.82) is 0 Å². The molecule has 0 fully saturated rings. The molecule has 0 saturated carbocycles. The normalized spacial score (nSPS) is 13.4. The summed E-state index contributed by atoms with van der Waals surface area (Å²) in [5.41, 5.74) is 4.05. The van der Waals surface area contributed by atoms with Gasteiger partial charge in [-0.05, 0) is 30.5 Å². The fraction of sp³-hybridized carbons (Fsp3) is 0.174. The largest absolute Gasteiger partial charge is 0.311 e. The van der Waals surface area contributed by atoms with Crippen molar-refractivity contribution in [3.05, 3.63) is 89.0 Å². The van der Waals surface area contributed by atoms with E-state index in [2.05, 4.69) is 11.2 Å². The summed E-state index contributed by atoms with van der Waals surface area (Å²) in [6, 6.07) is 19.5. The van der Waals surface area contributed by atoms with Crippen LogP contribution in [0.3, 0.4) is 0 Å². The molecule has 1 aliphatic rings. The molecule has 0 aliphatic carbocycles. The molecule has 0 unspecified atom stereocenters. The molecule has 0 atom stereocenters. The molecule has 0 spiro atoms. The van der Waals surface area contributed by atoms with E-state index in [9.17, 15) is 9.59 Å². The van der Waals surface area contributed by atoms with Crippen molar-refractivity contribution in [2.24, 2.45) is 0 Å². The Morgan fingerprint density at radius 2 is 1.79 bits per heavy atom. The van der Waals surface area contributed by atoms with Crippen LogP contribution in [-0.4, -0.2) is 26.6 Å². The van der Waals surface area contributed by atoms with Crippen LogP contribution in [0.25, 0.3) is 16.8 Å². The smallest absolute Gasteiger partial charge is 0.277 e. The second kappa shape index (κ2) is 7.05. The molecule has 3 heterocycles. The third-order valence-corrected chi connectivity index (χ3v) is 5.39. The summed E-state index contributed by atoms with van der Waals surface area (Å²) in [6.07, 6.45) is 5.26. The lowest BCUT2D eigenvalue weighted by atomic mass is 10.0. The van der Waals surface area contributed by atoms with Gasteiger partial charge >= 0.3 is 0 Å². The van der Waals surface area contributed by atoms with E-state index in [-0.39, 0.29) is 18.0 Å². The van der Waals surface area contributed by atoms with Gasteiger partial charge in [0, 0.05) is 30.2 Å². The Bertz CT molecular complexity index is 1260. The van der Waals surface area contributed by atoms with Gasteiger partial charge in [0.05, 0.1) is 5.69 Å². The molecule has 0 saturated heterocycles. The van der Waals surface area contributed by atoms with Crippen molar-refractivity contribution in [2.75, 3.05) is 11.4 Å². The van der Waals surface area contributed by atoms with Crippen LogP contribution in [0.2, 0.25) is 0 Å². The first-order valence-electron chi connectivity index (χ1n) is 9.73. The van der Waals surface area contributed by atoms with E-state index in [0.29, 0.717) is 12.1 Å². The highest BCUT2D eigenvalue weighted by Gasteiger charge is 2.22. The maximum absolute atomic E-state index is 13.0. The topological polar surface area (TPSA) is 59.6 Å². The van der Waals surface area contributed by atoms with Gasteiger partial charge in [0.2, 0.25) is 5.91 Å². The first-order chi connectivity index (χ1) is 14.2. The maximum Gasteiger partial charge on any atom is 0.277 e. The summed E-state index contributed by atoms with van der Waals surface area (Å²) in [4.78, 5) is 27.8. The molecule has 0 radical (unpaired) electrons. The number of hydrogen-bond donors (Lipinski definition) is 0. The van der Waals surface area contributed by atoms with Crippen molar-refractivity contribution in [2.45, 2.75) is 19.4 Å². The number of carbonyl (C=O) groups is 1. The Kier molecular flexibility index (Phi) is 4.24. The Hall–Kier alpha value is -3.67. The van der Waals surface area contributed by atoms with E-state index in [1.807, 2.05) is 48.5 Å². The zero-order valence-corrected chi connectivity index (χ0v) is 15.9.